The van der Waals surface area contributed by atoms with Crippen molar-refractivity contribution in [3.8, 4) is 0 Å². The molecule has 2 aliphatic heterocycles. The van der Waals surface area contributed by atoms with Gasteiger partial charge in [0.1, 0.15) is 0 Å². The van der Waals surface area contributed by atoms with Crippen LogP contribution in [0, 0.1) is 11.8 Å². The predicted molar refractivity (Wildman–Crippen MR) is 98.7 cm³/mol. The molecule has 1 saturated carbocycles. The van der Waals surface area contributed by atoms with Crippen LogP contribution in [0.1, 0.15) is 45.4 Å². The molecule has 0 bridgehead atoms. The first-order valence-electron chi connectivity index (χ1n) is 9.60. The Morgan fingerprint density at radius 2 is 1.91 bits per heavy atom. The van der Waals surface area contributed by atoms with Crippen LogP contribution in [-0.2, 0) is 4.74 Å². The maximum Gasteiger partial charge on any atom is 0.169 e. The third-order valence-corrected chi connectivity index (χ3v) is 6.41. The highest BCUT2D eigenvalue weighted by Gasteiger charge is 2.38. The van der Waals surface area contributed by atoms with Crippen LogP contribution in [0.15, 0.2) is 0 Å². The number of hydrogen-bond acceptors (Lipinski definition) is 3. The van der Waals surface area contributed by atoms with Crippen molar-refractivity contribution in [1.29, 1.82) is 0 Å². The summed E-state index contributed by atoms with van der Waals surface area (Å²) in [6, 6.07) is 0.701. The molecule has 1 N–H and O–H groups in total. The van der Waals surface area contributed by atoms with Gasteiger partial charge in [0, 0.05) is 32.2 Å². The lowest BCUT2D eigenvalue weighted by molar-refractivity contribution is 0.0375. The van der Waals surface area contributed by atoms with Crippen LogP contribution in [0.3, 0.4) is 0 Å². The normalized spacial score (nSPS) is 32.4. The van der Waals surface area contributed by atoms with Crippen molar-refractivity contribution in [3.05, 3.63) is 0 Å². The summed E-state index contributed by atoms with van der Waals surface area (Å²) in [6.07, 6.45) is 8.00. The highest BCUT2D eigenvalue weighted by molar-refractivity contribution is 7.80. The molecule has 3 rings (SSSR count). The predicted octanol–water partition coefficient (Wildman–Crippen LogP) is 2.48. The third kappa shape index (κ3) is 4.58. The van der Waals surface area contributed by atoms with Crippen molar-refractivity contribution in [2.75, 3.05) is 45.9 Å². The van der Waals surface area contributed by atoms with E-state index in [0.717, 1.165) is 62.9 Å². The Morgan fingerprint density at radius 1 is 1.13 bits per heavy atom. The molecule has 3 fully saturated rings. The number of morpholine rings is 1. The smallest absolute Gasteiger partial charge is 0.169 e. The number of ether oxygens (including phenoxy) is 1. The Bertz CT molecular complexity index is 386. The molecular formula is C18H33N3OS. The van der Waals surface area contributed by atoms with Crippen LogP contribution in [-0.4, -0.2) is 66.9 Å². The summed E-state index contributed by atoms with van der Waals surface area (Å²) in [4.78, 5) is 5.02. The first-order valence-corrected chi connectivity index (χ1v) is 10.0. The molecule has 0 amide bonds. The second kappa shape index (κ2) is 8.63. The summed E-state index contributed by atoms with van der Waals surface area (Å²) in [7, 11) is 0. The van der Waals surface area contributed by atoms with Crippen molar-refractivity contribution in [2.45, 2.75) is 51.5 Å². The van der Waals surface area contributed by atoms with E-state index in [9.17, 15) is 0 Å². The molecule has 0 spiro atoms. The van der Waals surface area contributed by atoms with Gasteiger partial charge in [-0.15, -0.1) is 0 Å². The largest absolute Gasteiger partial charge is 0.379 e. The molecule has 0 radical (unpaired) electrons. The minimum atomic E-state index is 0.701. The molecule has 2 saturated heterocycles. The molecule has 132 valence electrons. The van der Waals surface area contributed by atoms with Crippen molar-refractivity contribution in [3.63, 3.8) is 0 Å². The van der Waals surface area contributed by atoms with Gasteiger partial charge in [-0.25, -0.2) is 0 Å². The molecule has 5 heteroatoms. The van der Waals surface area contributed by atoms with Crippen molar-refractivity contribution in [2.24, 2.45) is 11.8 Å². The fourth-order valence-electron chi connectivity index (χ4n) is 4.59. The number of likely N-dealkylation sites (tertiary alicyclic amines) is 1. The summed E-state index contributed by atoms with van der Waals surface area (Å²) in [5.74, 6) is 1.74. The van der Waals surface area contributed by atoms with Gasteiger partial charge in [0.2, 0.25) is 0 Å². The zero-order valence-electron chi connectivity index (χ0n) is 14.6. The van der Waals surface area contributed by atoms with Gasteiger partial charge in [0.25, 0.3) is 0 Å². The summed E-state index contributed by atoms with van der Waals surface area (Å²) in [5.41, 5.74) is 0. The topological polar surface area (TPSA) is 27.7 Å². The van der Waals surface area contributed by atoms with Crippen LogP contribution in [0.4, 0.5) is 0 Å². The van der Waals surface area contributed by atoms with Gasteiger partial charge >= 0.3 is 0 Å². The Kier molecular flexibility index (Phi) is 6.54. The van der Waals surface area contributed by atoms with Crippen molar-refractivity contribution >= 4 is 17.3 Å². The van der Waals surface area contributed by atoms with Gasteiger partial charge in [-0.1, -0.05) is 19.8 Å². The number of thiocarbonyl (C=S) groups is 1. The van der Waals surface area contributed by atoms with Gasteiger partial charge < -0.3 is 15.0 Å². The molecule has 0 aromatic carbocycles. The Hall–Kier alpha value is -0.390. The maximum atomic E-state index is 5.73. The summed E-state index contributed by atoms with van der Waals surface area (Å²) in [5, 5.41) is 4.55. The van der Waals surface area contributed by atoms with E-state index in [1.165, 1.54) is 38.5 Å². The van der Waals surface area contributed by atoms with E-state index >= 15 is 0 Å². The molecule has 2 heterocycles. The van der Waals surface area contributed by atoms with Crippen LogP contribution in [0.25, 0.3) is 0 Å². The third-order valence-electron chi connectivity index (χ3n) is 6.03. The average Bonchev–Trinajstić information content (AvgIpc) is 2.60. The molecule has 3 atom stereocenters. The minimum Gasteiger partial charge on any atom is -0.379 e. The Labute approximate surface area is 146 Å². The van der Waals surface area contributed by atoms with Crippen LogP contribution < -0.4 is 5.32 Å². The van der Waals surface area contributed by atoms with Gasteiger partial charge in [0.15, 0.2) is 5.11 Å². The number of nitrogens with one attached hydrogen (secondary N) is 1. The van der Waals surface area contributed by atoms with Gasteiger partial charge in [-0.3, -0.25) is 4.90 Å². The Balaban J connectivity index is 1.40. The van der Waals surface area contributed by atoms with E-state index in [4.69, 9.17) is 17.0 Å². The van der Waals surface area contributed by atoms with E-state index < -0.39 is 0 Å². The van der Waals surface area contributed by atoms with Gasteiger partial charge in [-0.2, -0.15) is 0 Å². The SMILES string of the molecule is C[C@@H]1CCN(C(=S)NCCCN2CCOCC2)[C@H]2CCCC[C@H]12. The Morgan fingerprint density at radius 3 is 2.74 bits per heavy atom. The van der Waals surface area contributed by atoms with Crippen molar-refractivity contribution < 1.29 is 4.74 Å². The zero-order valence-corrected chi connectivity index (χ0v) is 15.5. The molecule has 4 nitrogen and oxygen atoms in total. The lowest BCUT2D eigenvalue weighted by Gasteiger charge is -2.48. The van der Waals surface area contributed by atoms with E-state index in [-0.39, 0.29) is 0 Å². The summed E-state index contributed by atoms with van der Waals surface area (Å²) >= 11 is 5.73. The lowest BCUT2D eigenvalue weighted by Crippen LogP contribution is -2.55. The number of nitrogens with zero attached hydrogens (tertiary/aromatic N) is 2. The number of fused-ring (bicyclic) bond motifs is 1. The van der Waals surface area contributed by atoms with E-state index in [1.807, 2.05) is 0 Å². The molecule has 1 aliphatic carbocycles. The second-order valence-corrected chi connectivity index (χ2v) is 7.90. The lowest BCUT2D eigenvalue weighted by atomic mass is 9.73. The first-order chi connectivity index (χ1) is 11.3. The fourth-order valence-corrected chi connectivity index (χ4v) is 4.92. The quantitative estimate of drug-likeness (QED) is 0.627. The van der Waals surface area contributed by atoms with Crippen LogP contribution in [0.5, 0.6) is 0 Å². The van der Waals surface area contributed by atoms with Crippen molar-refractivity contribution in [1.82, 2.24) is 15.1 Å². The highest BCUT2D eigenvalue weighted by atomic mass is 32.1. The summed E-state index contributed by atoms with van der Waals surface area (Å²) in [6.45, 7) is 9.69. The first kappa shape index (κ1) is 17.4. The number of piperidine rings is 1. The monoisotopic (exact) mass is 339 g/mol. The molecule has 23 heavy (non-hydrogen) atoms. The van der Waals surface area contributed by atoms with E-state index in [2.05, 4.69) is 22.0 Å². The molecule has 0 aromatic heterocycles. The fraction of sp³-hybridized carbons (Fsp3) is 0.944. The molecule has 0 aromatic rings. The van der Waals surface area contributed by atoms with Gasteiger partial charge in [-0.05, 0) is 56.3 Å². The summed E-state index contributed by atoms with van der Waals surface area (Å²) < 4.78 is 5.40. The number of hydrogen-bond donors (Lipinski definition) is 1. The second-order valence-electron chi connectivity index (χ2n) is 7.51. The zero-order chi connectivity index (χ0) is 16.1. The van der Waals surface area contributed by atoms with Crippen LogP contribution in [0.2, 0.25) is 0 Å². The number of rotatable bonds is 4. The molecule has 0 unspecified atom stereocenters. The average molecular weight is 340 g/mol. The molecular weight excluding hydrogens is 306 g/mol. The standard InChI is InChI=1S/C18H33N3OS/c1-15-7-10-21(17-6-3-2-5-16(15)17)18(23)19-8-4-9-20-11-13-22-14-12-20/h15-17H,2-14H2,1H3,(H,19,23)/t15-,16-,17+/m1/s1. The minimum absolute atomic E-state index is 0.701. The van der Waals surface area contributed by atoms with Gasteiger partial charge in [0.05, 0.1) is 13.2 Å². The van der Waals surface area contributed by atoms with E-state index in [1.54, 1.807) is 0 Å². The molecule has 3 aliphatic rings. The maximum absolute atomic E-state index is 5.73. The van der Waals surface area contributed by atoms with E-state index in [0.29, 0.717) is 6.04 Å². The van der Waals surface area contributed by atoms with Crippen LogP contribution >= 0.6 is 12.2 Å². The highest BCUT2D eigenvalue weighted by Crippen LogP contribution is 2.38.